The van der Waals surface area contributed by atoms with Crippen LogP contribution in [0.4, 0.5) is 5.69 Å². The van der Waals surface area contributed by atoms with Crippen LogP contribution in [0.5, 0.6) is 0 Å². The Labute approximate surface area is 161 Å². The Morgan fingerprint density at radius 3 is 2.12 bits per heavy atom. The summed E-state index contributed by atoms with van der Waals surface area (Å²) in [6, 6.07) is 2.97. The Bertz CT molecular complexity index is 770. The van der Waals surface area contributed by atoms with Gasteiger partial charge in [0.25, 0.3) is 0 Å². The minimum Gasteiger partial charge on any atom is -0.324 e. The number of anilines is 1. The van der Waals surface area contributed by atoms with E-state index in [1.165, 1.54) is 4.90 Å². The molecule has 1 aromatic carbocycles. The van der Waals surface area contributed by atoms with Crippen LogP contribution in [-0.2, 0) is 14.4 Å². The second-order valence-corrected chi connectivity index (χ2v) is 8.81. The first-order valence-electron chi connectivity index (χ1n) is 9.24. The maximum absolute atomic E-state index is 12.9. The van der Waals surface area contributed by atoms with Crippen LogP contribution in [0, 0.1) is 37.5 Å². The minimum absolute atomic E-state index is 0.141. The summed E-state index contributed by atoms with van der Waals surface area (Å²) in [7, 11) is 0. The molecule has 1 aromatic rings. The highest BCUT2D eigenvalue weighted by Crippen LogP contribution is 2.56. The number of hydrogen-bond acceptors (Lipinski definition) is 3. The maximum atomic E-state index is 12.9. The van der Waals surface area contributed by atoms with Crippen molar-refractivity contribution < 1.29 is 14.4 Å². The number of imide groups is 1. The number of nitrogens with one attached hydrogen (secondary N) is 1. The van der Waals surface area contributed by atoms with Crippen molar-refractivity contribution >= 4 is 39.3 Å². The molecule has 3 aliphatic rings. The Hall–Kier alpha value is -1.69. The predicted octanol–water partition coefficient (Wildman–Crippen LogP) is 3.42. The first-order valence-corrected chi connectivity index (χ1v) is 10.0. The molecule has 5 atom stereocenters. The third-order valence-electron chi connectivity index (χ3n) is 6.43. The lowest BCUT2D eigenvalue weighted by Gasteiger charge is -2.24. The highest BCUT2D eigenvalue weighted by Gasteiger charge is 2.62. The Balaban J connectivity index is 1.52. The summed E-state index contributed by atoms with van der Waals surface area (Å²) in [5, 5.41) is 2.87. The molecule has 1 saturated heterocycles. The van der Waals surface area contributed by atoms with Gasteiger partial charge in [-0.2, -0.15) is 0 Å². The number of benzene rings is 1. The van der Waals surface area contributed by atoms with Crippen LogP contribution in [0.15, 0.2) is 16.6 Å². The molecule has 5 nitrogen and oxygen atoms in total. The van der Waals surface area contributed by atoms with E-state index in [4.69, 9.17) is 0 Å². The largest absolute Gasteiger partial charge is 0.324 e. The monoisotopic (exact) mass is 418 g/mol. The zero-order valence-corrected chi connectivity index (χ0v) is 16.8. The minimum atomic E-state index is -0.788. The summed E-state index contributed by atoms with van der Waals surface area (Å²) in [6.45, 7) is 5.56. The molecule has 2 bridgehead atoms. The lowest BCUT2D eigenvalue weighted by Crippen LogP contribution is -2.46. The molecule has 1 heterocycles. The van der Waals surface area contributed by atoms with Crippen LogP contribution in [-0.4, -0.2) is 28.7 Å². The SMILES string of the molecule is Cc1cc(NC(=O)[C@H](C)N2C(=O)[C@H]3[C@@H]4CC[C@H](C4)[C@@H]3C2=O)cc(C)c1Br. The fourth-order valence-electron chi connectivity index (χ4n) is 5.20. The van der Waals surface area contributed by atoms with Gasteiger partial charge >= 0.3 is 0 Å². The average Bonchev–Trinajstić information content (AvgIpc) is 3.26. The molecule has 0 spiro atoms. The molecule has 3 fully saturated rings. The number of nitrogens with zero attached hydrogens (tertiary/aromatic N) is 1. The number of fused-ring (bicyclic) bond motifs is 5. The van der Waals surface area contributed by atoms with Gasteiger partial charge in [-0.25, -0.2) is 0 Å². The summed E-state index contributed by atoms with van der Waals surface area (Å²) in [5.74, 6) is -0.310. The van der Waals surface area contributed by atoms with Crippen LogP contribution < -0.4 is 5.32 Å². The number of likely N-dealkylation sites (tertiary alicyclic amines) is 1. The van der Waals surface area contributed by atoms with Crippen molar-refractivity contribution in [1.29, 1.82) is 0 Å². The average molecular weight is 419 g/mol. The van der Waals surface area contributed by atoms with Crippen LogP contribution in [0.2, 0.25) is 0 Å². The van der Waals surface area contributed by atoms with Crippen LogP contribution in [0.3, 0.4) is 0 Å². The van der Waals surface area contributed by atoms with E-state index in [0.29, 0.717) is 17.5 Å². The normalized spacial score (nSPS) is 30.7. The number of rotatable bonds is 3. The molecule has 138 valence electrons. The van der Waals surface area contributed by atoms with Gasteiger partial charge in [0.05, 0.1) is 11.8 Å². The maximum Gasteiger partial charge on any atom is 0.247 e. The van der Waals surface area contributed by atoms with Gasteiger partial charge < -0.3 is 5.32 Å². The van der Waals surface area contributed by atoms with Crippen molar-refractivity contribution in [3.05, 3.63) is 27.7 Å². The van der Waals surface area contributed by atoms with E-state index in [-0.39, 0.29) is 29.6 Å². The summed E-state index contributed by atoms with van der Waals surface area (Å²) in [5.41, 5.74) is 2.72. The van der Waals surface area contributed by atoms with Crippen molar-refractivity contribution in [2.45, 2.75) is 46.1 Å². The Morgan fingerprint density at radius 1 is 1.12 bits per heavy atom. The van der Waals surface area contributed by atoms with Gasteiger partial charge in [-0.15, -0.1) is 0 Å². The molecule has 26 heavy (non-hydrogen) atoms. The van der Waals surface area contributed by atoms with E-state index < -0.39 is 6.04 Å². The molecule has 0 unspecified atom stereocenters. The predicted molar refractivity (Wildman–Crippen MR) is 101 cm³/mol. The number of aryl methyl sites for hydroxylation is 2. The number of carbonyl (C=O) groups excluding carboxylic acids is 3. The quantitative estimate of drug-likeness (QED) is 0.764. The standard InChI is InChI=1S/C20H23BrN2O3/c1-9-6-14(7-10(2)17(9)21)22-18(24)11(3)23-19(25)15-12-4-5-13(8-12)16(15)20(23)26/h6-7,11-13,15-16H,4-5,8H2,1-3H3,(H,22,24)/t11-,12+,13+,15-,16-/m0/s1. The van der Waals surface area contributed by atoms with Crippen LogP contribution >= 0.6 is 15.9 Å². The van der Waals surface area contributed by atoms with E-state index in [2.05, 4.69) is 21.2 Å². The first-order chi connectivity index (χ1) is 12.3. The second-order valence-electron chi connectivity index (χ2n) is 8.02. The van der Waals surface area contributed by atoms with E-state index in [0.717, 1.165) is 34.9 Å². The van der Waals surface area contributed by atoms with Gasteiger partial charge in [-0.1, -0.05) is 15.9 Å². The second kappa shape index (κ2) is 6.19. The fraction of sp³-hybridized carbons (Fsp3) is 0.550. The van der Waals surface area contributed by atoms with Gasteiger partial charge in [-0.3, -0.25) is 19.3 Å². The van der Waals surface area contributed by atoms with Crippen molar-refractivity contribution in [2.24, 2.45) is 23.7 Å². The van der Waals surface area contributed by atoms with Crippen LogP contribution in [0.25, 0.3) is 0 Å². The van der Waals surface area contributed by atoms with Gasteiger partial charge in [-0.05, 0) is 75.1 Å². The molecule has 4 rings (SSSR count). The third-order valence-corrected chi connectivity index (χ3v) is 7.68. The van der Waals surface area contributed by atoms with Crippen molar-refractivity contribution in [3.8, 4) is 0 Å². The molecule has 1 aliphatic heterocycles. The van der Waals surface area contributed by atoms with Crippen molar-refractivity contribution in [3.63, 3.8) is 0 Å². The molecule has 0 radical (unpaired) electrons. The molecule has 0 aromatic heterocycles. The van der Waals surface area contributed by atoms with Gasteiger partial charge in [0.15, 0.2) is 0 Å². The molecular formula is C20H23BrN2O3. The zero-order valence-electron chi connectivity index (χ0n) is 15.2. The first kappa shape index (κ1) is 17.7. The Morgan fingerprint density at radius 2 is 1.62 bits per heavy atom. The highest BCUT2D eigenvalue weighted by atomic mass is 79.9. The number of amides is 3. The topological polar surface area (TPSA) is 66.5 Å². The lowest BCUT2D eigenvalue weighted by molar-refractivity contribution is -0.146. The smallest absolute Gasteiger partial charge is 0.247 e. The van der Waals surface area contributed by atoms with E-state index in [9.17, 15) is 14.4 Å². The van der Waals surface area contributed by atoms with Crippen molar-refractivity contribution in [2.75, 3.05) is 5.32 Å². The lowest BCUT2D eigenvalue weighted by atomic mass is 9.81. The number of carbonyl (C=O) groups is 3. The van der Waals surface area contributed by atoms with E-state index >= 15 is 0 Å². The third kappa shape index (κ3) is 2.53. The van der Waals surface area contributed by atoms with Gasteiger partial charge in [0.2, 0.25) is 17.7 Å². The molecule has 2 aliphatic carbocycles. The summed E-state index contributed by atoms with van der Waals surface area (Å²) >= 11 is 3.51. The number of halogens is 1. The van der Waals surface area contributed by atoms with E-state index in [1.54, 1.807) is 6.92 Å². The van der Waals surface area contributed by atoms with Gasteiger partial charge in [0, 0.05) is 10.2 Å². The highest BCUT2D eigenvalue weighted by molar-refractivity contribution is 9.10. The van der Waals surface area contributed by atoms with Gasteiger partial charge in [0.1, 0.15) is 6.04 Å². The van der Waals surface area contributed by atoms with Crippen molar-refractivity contribution in [1.82, 2.24) is 4.90 Å². The number of hydrogen-bond donors (Lipinski definition) is 1. The fourth-order valence-corrected chi connectivity index (χ4v) is 5.42. The summed E-state index contributed by atoms with van der Waals surface area (Å²) < 4.78 is 1.01. The summed E-state index contributed by atoms with van der Waals surface area (Å²) in [4.78, 5) is 39.7. The van der Waals surface area contributed by atoms with Crippen LogP contribution in [0.1, 0.15) is 37.3 Å². The summed E-state index contributed by atoms with van der Waals surface area (Å²) in [6.07, 6.45) is 3.08. The molecular weight excluding hydrogens is 396 g/mol. The molecule has 3 amide bonds. The Kier molecular flexibility index (Phi) is 4.21. The van der Waals surface area contributed by atoms with E-state index in [1.807, 2.05) is 26.0 Å². The zero-order chi connectivity index (χ0) is 18.7. The molecule has 1 N–H and O–H groups in total. The molecule has 6 heteroatoms. The molecule has 2 saturated carbocycles.